The molecule has 1 heterocycles. The maximum Gasteiger partial charge on any atom is 0.294 e. The molecule has 118 valence electrons. The Morgan fingerprint density at radius 1 is 1.24 bits per heavy atom. The van der Waals surface area contributed by atoms with Crippen LogP contribution in [0.25, 0.3) is 0 Å². The van der Waals surface area contributed by atoms with Crippen molar-refractivity contribution >= 4 is 21.5 Å². The summed E-state index contributed by atoms with van der Waals surface area (Å²) in [5.74, 6) is 0. The van der Waals surface area contributed by atoms with Crippen LogP contribution in [0.5, 0.6) is 0 Å². The highest BCUT2D eigenvalue weighted by atomic mass is 32.2. The molecule has 0 aliphatic carbocycles. The molecule has 5 nitrogen and oxygen atoms in total. The fourth-order valence-electron chi connectivity index (χ4n) is 2.64. The number of hydrogen-bond acceptors (Lipinski definition) is 4. The fraction of sp³-hybridized carbons (Fsp3) is 0.600. The van der Waals surface area contributed by atoms with Crippen LogP contribution in [-0.4, -0.2) is 33.2 Å². The molecule has 0 unspecified atom stereocenters. The summed E-state index contributed by atoms with van der Waals surface area (Å²) in [7, 11) is -2.22. The van der Waals surface area contributed by atoms with E-state index in [4.69, 9.17) is 4.55 Å². The van der Waals surface area contributed by atoms with Crippen LogP contribution < -0.4 is 9.80 Å². The van der Waals surface area contributed by atoms with E-state index in [-0.39, 0.29) is 4.90 Å². The minimum atomic E-state index is -4.15. The molecule has 0 radical (unpaired) electrons. The lowest BCUT2D eigenvalue weighted by Gasteiger charge is -2.23. The lowest BCUT2D eigenvalue weighted by molar-refractivity contribution is 0.366. The van der Waals surface area contributed by atoms with Crippen LogP contribution in [0, 0.1) is 5.41 Å². The standard InChI is InChI=1S/C15H24N2O3S/c1-15(2,3)8-5-9-17-11-16(4)14-10-12(21(18,19)20)6-7-13(14)17/h6-7,10H,5,8-9,11H2,1-4H3,(H,18,19,20). The van der Waals surface area contributed by atoms with Gasteiger partial charge in [-0.05, 0) is 36.5 Å². The summed E-state index contributed by atoms with van der Waals surface area (Å²) in [5, 5.41) is 0. The number of rotatable bonds is 4. The molecule has 0 aromatic heterocycles. The zero-order valence-corrected chi connectivity index (χ0v) is 13.9. The first-order chi connectivity index (χ1) is 9.58. The van der Waals surface area contributed by atoms with Crippen molar-refractivity contribution in [3.63, 3.8) is 0 Å². The molecule has 0 spiro atoms. The van der Waals surface area contributed by atoms with Gasteiger partial charge in [0, 0.05) is 13.6 Å². The van der Waals surface area contributed by atoms with E-state index < -0.39 is 10.1 Å². The van der Waals surface area contributed by atoms with Gasteiger partial charge in [-0.2, -0.15) is 8.42 Å². The number of hydrogen-bond donors (Lipinski definition) is 1. The first-order valence-corrected chi connectivity index (χ1v) is 8.59. The van der Waals surface area contributed by atoms with E-state index in [0.717, 1.165) is 37.4 Å². The van der Waals surface area contributed by atoms with Gasteiger partial charge in [0.15, 0.2) is 0 Å². The second-order valence-corrected chi connectivity index (χ2v) is 8.31. The summed E-state index contributed by atoms with van der Waals surface area (Å²) in [4.78, 5) is 4.19. The smallest absolute Gasteiger partial charge is 0.294 e. The van der Waals surface area contributed by atoms with Crippen LogP contribution in [-0.2, 0) is 10.1 Å². The molecule has 0 bridgehead atoms. The minimum Gasteiger partial charge on any atom is -0.355 e. The highest BCUT2D eigenvalue weighted by Crippen LogP contribution is 2.37. The van der Waals surface area contributed by atoms with Crippen molar-refractivity contribution < 1.29 is 13.0 Å². The van der Waals surface area contributed by atoms with Gasteiger partial charge in [-0.15, -0.1) is 0 Å². The molecule has 2 rings (SSSR count). The van der Waals surface area contributed by atoms with Gasteiger partial charge in [-0.3, -0.25) is 4.55 Å². The number of nitrogens with zero attached hydrogens (tertiary/aromatic N) is 2. The number of benzene rings is 1. The van der Waals surface area contributed by atoms with Gasteiger partial charge in [0.2, 0.25) is 0 Å². The third-order valence-electron chi connectivity index (χ3n) is 3.73. The molecule has 0 atom stereocenters. The van der Waals surface area contributed by atoms with Crippen molar-refractivity contribution in [1.82, 2.24) is 0 Å². The van der Waals surface area contributed by atoms with Crippen LogP contribution >= 0.6 is 0 Å². The molecule has 0 fully saturated rings. The molecule has 0 saturated heterocycles. The Kier molecular flexibility index (Phi) is 4.22. The van der Waals surface area contributed by atoms with Crippen LogP contribution in [0.2, 0.25) is 0 Å². The molecule has 1 aromatic carbocycles. The predicted octanol–water partition coefficient (Wildman–Crippen LogP) is 2.97. The first-order valence-electron chi connectivity index (χ1n) is 7.15. The minimum absolute atomic E-state index is 0.0513. The molecule has 0 saturated carbocycles. The van der Waals surface area contributed by atoms with E-state index in [0.29, 0.717) is 5.41 Å². The normalized spacial score (nSPS) is 15.5. The van der Waals surface area contributed by atoms with Gasteiger partial charge >= 0.3 is 0 Å². The average molecular weight is 312 g/mol. The highest BCUT2D eigenvalue weighted by molar-refractivity contribution is 7.85. The third kappa shape index (κ3) is 3.89. The summed E-state index contributed by atoms with van der Waals surface area (Å²) >= 11 is 0. The lowest BCUT2D eigenvalue weighted by Crippen LogP contribution is -2.29. The van der Waals surface area contributed by atoms with Crippen molar-refractivity contribution in [2.75, 3.05) is 30.1 Å². The summed E-state index contributed by atoms with van der Waals surface area (Å²) in [6, 6.07) is 4.78. The third-order valence-corrected chi connectivity index (χ3v) is 4.58. The van der Waals surface area contributed by atoms with Crippen LogP contribution in [0.4, 0.5) is 11.4 Å². The van der Waals surface area contributed by atoms with Crippen molar-refractivity contribution in [1.29, 1.82) is 0 Å². The van der Waals surface area contributed by atoms with Gasteiger partial charge in [0.1, 0.15) is 0 Å². The Balaban J connectivity index is 2.15. The summed E-state index contributed by atoms with van der Waals surface area (Å²) in [6.45, 7) is 8.38. The SMILES string of the molecule is CN1CN(CCCC(C)(C)C)c2ccc(S(=O)(=O)O)cc21. The molecule has 21 heavy (non-hydrogen) atoms. The fourth-order valence-corrected chi connectivity index (χ4v) is 3.14. The van der Waals surface area contributed by atoms with Crippen LogP contribution in [0.15, 0.2) is 23.1 Å². The maximum atomic E-state index is 11.2. The molecule has 1 N–H and O–H groups in total. The van der Waals surface area contributed by atoms with E-state index in [1.54, 1.807) is 6.07 Å². The van der Waals surface area contributed by atoms with Crippen LogP contribution in [0.3, 0.4) is 0 Å². The number of fused-ring (bicyclic) bond motifs is 1. The summed E-state index contributed by atoms with van der Waals surface area (Å²) in [5.41, 5.74) is 2.20. The largest absolute Gasteiger partial charge is 0.355 e. The van der Waals surface area contributed by atoms with E-state index in [1.165, 1.54) is 12.1 Å². The van der Waals surface area contributed by atoms with E-state index >= 15 is 0 Å². The van der Waals surface area contributed by atoms with Crippen molar-refractivity contribution in [2.24, 2.45) is 5.41 Å². The quantitative estimate of drug-likeness (QED) is 0.866. The highest BCUT2D eigenvalue weighted by Gasteiger charge is 2.25. The second kappa shape index (κ2) is 5.50. The Bertz CT molecular complexity index is 620. The molecule has 1 aromatic rings. The second-order valence-electron chi connectivity index (χ2n) is 6.89. The van der Waals surface area contributed by atoms with E-state index in [2.05, 4.69) is 25.7 Å². The monoisotopic (exact) mass is 312 g/mol. The van der Waals surface area contributed by atoms with Crippen molar-refractivity contribution in [3.05, 3.63) is 18.2 Å². The molecule has 0 amide bonds. The topological polar surface area (TPSA) is 60.9 Å². The zero-order chi connectivity index (χ0) is 15.8. The number of anilines is 2. The van der Waals surface area contributed by atoms with E-state index in [9.17, 15) is 8.42 Å². The molecular formula is C15H24N2O3S. The molecular weight excluding hydrogens is 288 g/mol. The van der Waals surface area contributed by atoms with Gasteiger partial charge in [-0.25, -0.2) is 0 Å². The first kappa shape index (κ1) is 16.1. The van der Waals surface area contributed by atoms with Gasteiger partial charge < -0.3 is 9.80 Å². The lowest BCUT2D eigenvalue weighted by atomic mass is 9.90. The van der Waals surface area contributed by atoms with Gasteiger partial charge in [-0.1, -0.05) is 20.8 Å². The van der Waals surface area contributed by atoms with E-state index in [1.807, 2.05) is 11.9 Å². The Morgan fingerprint density at radius 3 is 2.48 bits per heavy atom. The Labute approximate surface area is 127 Å². The summed E-state index contributed by atoms with van der Waals surface area (Å²) in [6.07, 6.45) is 2.24. The Hall–Kier alpha value is -1.27. The molecule has 6 heteroatoms. The van der Waals surface area contributed by atoms with Crippen LogP contribution in [0.1, 0.15) is 33.6 Å². The maximum absolute atomic E-state index is 11.2. The van der Waals surface area contributed by atoms with Gasteiger partial charge in [0.05, 0.1) is 22.9 Å². The Morgan fingerprint density at radius 2 is 1.90 bits per heavy atom. The van der Waals surface area contributed by atoms with Gasteiger partial charge in [0.25, 0.3) is 10.1 Å². The molecule has 1 aliphatic rings. The van der Waals surface area contributed by atoms with Crippen molar-refractivity contribution in [2.45, 2.75) is 38.5 Å². The predicted molar refractivity (Wildman–Crippen MR) is 85.6 cm³/mol. The summed E-state index contributed by atoms with van der Waals surface area (Å²) < 4.78 is 31.6. The average Bonchev–Trinajstić information content (AvgIpc) is 2.63. The zero-order valence-electron chi connectivity index (χ0n) is 13.1. The van der Waals surface area contributed by atoms with Crippen molar-refractivity contribution in [3.8, 4) is 0 Å². The molecule has 1 aliphatic heterocycles.